The summed E-state index contributed by atoms with van der Waals surface area (Å²) in [6, 6.07) is 0.207. The van der Waals surface area contributed by atoms with Crippen molar-refractivity contribution in [2.75, 3.05) is 31.7 Å². The van der Waals surface area contributed by atoms with Crippen LogP contribution in [0.15, 0.2) is 0 Å². The molecule has 0 radical (unpaired) electrons. The number of anilines is 1. The van der Waals surface area contributed by atoms with Crippen molar-refractivity contribution in [3.63, 3.8) is 0 Å². The summed E-state index contributed by atoms with van der Waals surface area (Å²) >= 11 is 0. The largest absolute Gasteiger partial charge is 0.381 e. The van der Waals surface area contributed by atoms with E-state index in [0.717, 1.165) is 38.3 Å². The first-order chi connectivity index (χ1) is 10.0. The van der Waals surface area contributed by atoms with Gasteiger partial charge >= 0.3 is 0 Å². The van der Waals surface area contributed by atoms with Crippen LogP contribution in [-0.4, -0.2) is 42.6 Å². The van der Waals surface area contributed by atoms with Gasteiger partial charge in [-0.1, -0.05) is 6.92 Å². The number of aryl methyl sites for hydroxylation is 2. The molecule has 0 spiro atoms. The molecule has 1 aliphatic heterocycles. The van der Waals surface area contributed by atoms with E-state index in [4.69, 9.17) is 10.5 Å². The van der Waals surface area contributed by atoms with Crippen molar-refractivity contribution in [2.24, 2.45) is 18.7 Å². The maximum atomic E-state index is 6.16. The van der Waals surface area contributed by atoms with E-state index < -0.39 is 0 Å². The Morgan fingerprint density at radius 3 is 2.90 bits per heavy atom. The first-order valence-corrected chi connectivity index (χ1v) is 8.09. The standard InChI is InChI=1S/C16H30N4O/c1-5-14(17)9-15-12(2)18-20(4)16(15)19(3)10-13-7-6-8-21-11-13/h13-14H,5-11,17H2,1-4H3. The van der Waals surface area contributed by atoms with Gasteiger partial charge in [0.1, 0.15) is 5.82 Å². The van der Waals surface area contributed by atoms with Crippen LogP contribution in [0.3, 0.4) is 0 Å². The molecule has 1 aromatic rings. The molecule has 1 aliphatic rings. The molecule has 2 rings (SSSR count). The minimum absolute atomic E-state index is 0.207. The molecule has 120 valence electrons. The zero-order valence-electron chi connectivity index (χ0n) is 13.9. The van der Waals surface area contributed by atoms with Gasteiger partial charge in [-0.3, -0.25) is 4.68 Å². The third-order valence-electron chi connectivity index (χ3n) is 4.45. The Kier molecular flexibility index (Phi) is 5.65. The lowest BCUT2D eigenvalue weighted by atomic mass is 10.0. The average molecular weight is 294 g/mol. The average Bonchev–Trinajstić information content (AvgIpc) is 2.74. The minimum atomic E-state index is 0.207. The lowest BCUT2D eigenvalue weighted by Crippen LogP contribution is -2.33. The fraction of sp³-hybridized carbons (Fsp3) is 0.812. The normalized spacial score (nSPS) is 20.5. The van der Waals surface area contributed by atoms with Gasteiger partial charge in [-0.05, 0) is 38.5 Å². The van der Waals surface area contributed by atoms with Crippen molar-refractivity contribution in [3.05, 3.63) is 11.3 Å². The minimum Gasteiger partial charge on any atom is -0.381 e. The van der Waals surface area contributed by atoms with Gasteiger partial charge in [-0.25, -0.2) is 0 Å². The Labute approximate surface area is 128 Å². The fourth-order valence-corrected chi connectivity index (χ4v) is 3.24. The van der Waals surface area contributed by atoms with Gasteiger partial charge in [0.05, 0.1) is 12.3 Å². The first-order valence-electron chi connectivity index (χ1n) is 8.09. The number of hydrogen-bond acceptors (Lipinski definition) is 4. The number of aromatic nitrogens is 2. The van der Waals surface area contributed by atoms with Crippen LogP contribution in [0.2, 0.25) is 0 Å². The maximum Gasteiger partial charge on any atom is 0.129 e. The number of nitrogens with two attached hydrogens (primary N) is 1. The van der Waals surface area contributed by atoms with Crippen molar-refractivity contribution in [3.8, 4) is 0 Å². The first kappa shape index (κ1) is 16.3. The summed E-state index contributed by atoms with van der Waals surface area (Å²) in [5.41, 5.74) is 8.56. The van der Waals surface area contributed by atoms with E-state index >= 15 is 0 Å². The zero-order valence-corrected chi connectivity index (χ0v) is 13.9. The Morgan fingerprint density at radius 1 is 1.52 bits per heavy atom. The van der Waals surface area contributed by atoms with Gasteiger partial charge < -0.3 is 15.4 Å². The van der Waals surface area contributed by atoms with Gasteiger partial charge in [-0.15, -0.1) is 0 Å². The highest BCUT2D eigenvalue weighted by Crippen LogP contribution is 2.26. The lowest BCUT2D eigenvalue weighted by Gasteiger charge is -2.29. The van der Waals surface area contributed by atoms with Crippen molar-refractivity contribution >= 4 is 5.82 Å². The summed E-state index contributed by atoms with van der Waals surface area (Å²) < 4.78 is 7.59. The molecule has 0 saturated carbocycles. The van der Waals surface area contributed by atoms with Crippen molar-refractivity contribution in [1.29, 1.82) is 0 Å². The molecule has 2 atom stereocenters. The second kappa shape index (κ2) is 7.27. The van der Waals surface area contributed by atoms with Crippen LogP contribution in [0.4, 0.5) is 5.82 Å². The maximum absolute atomic E-state index is 6.16. The van der Waals surface area contributed by atoms with Crippen molar-refractivity contribution in [2.45, 2.75) is 45.6 Å². The molecular formula is C16H30N4O. The van der Waals surface area contributed by atoms with Crippen LogP contribution in [0.5, 0.6) is 0 Å². The van der Waals surface area contributed by atoms with Crippen LogP contribution >= 0.6 is 0 Å². The molecular weight excluding hydrogens is 264 g/mol. The van der Waals surface area contributed by atoms with Gasteiger partial charge in [0.15, 0.2) is 0 Å². The number of rotatable bonds is 6. The van der Waals surface area contributed by atoms with Crippen LogP contribution in [0, 0.1) is 12.8 Å². The number of ether oxygens (including phenoxy) is 1. The van der Waals surface area contributed by atoms with E-state index in [0.29, 0.717) is 5.92 Å². The van der Waals surface area contributed by atoms with E-state index in [1.54, 1.807) is 0 Å². The van der Waals surface area contributed by atoms with E-state index in [9.17, 15) is 0 Å². The Bertz CT molecular complexity index is 451. The lowest BCUT2D eigenvalue weighted by molar-refractivity contribution is 0.0575. The highest BCUT2D eigenvalue weighted by molar-refractivity contribution is 5.50. The smallest absolute Gasteiger partial charge is 0.129 e. The predicted octanol–water partition coefficient (Wildman–Crippen LogP) is 1.87. The van der Waals surface area contributed by atoms with E-state index in [2.05, 4.69) is 30.9 Å². The summed E-state index contributed by atoms with van der Waals surface area (Å²) in [5.74, 6) is 1.83. The predicted molar refractivity (Wildman–Crippen MR) is 86.7 cm³/mol. The second-order valence-electron chi connectivity index (χ2n) is 6.35. The molecule has 2 N–H and O–H groups in total. The molecule has 2 unspecified atom stereocenters. The molecule has 1 fully saturated rings. The van der Waals surface area contributed by atoms with Crippen LogP contribution in [0.1, 0.15) is 37.4 Å². The summed E-state index contributed by atoms with van der Waals surface area (Å²) in [7, 11) is 4.18. The van der Waals surface area contributed by atoms with Gasteiger partial charge in [0.2, 0.25) is 0 Å². The molecule has 21 heavy (non-hydrogen) atoms. The molecule has 0 aliphatic carbocycles. The molecule has 5 nitrogen and oxygen atoms in total. The van der Waals surface area contributed by atoms with E-state index in [1.165, 1.54) is 24.2 Å². The molecule has 0 aromatic carbocycles. The Morgan fingerprint density at radius 2 is 2.29 bits per heavy atom. The summed E-state index contributed by atoms with van der Waals surface area (Å²) in [4.78, 5) is 2.33. The highest BCUT2D eigenvalue weighted by Gasteiger charge is 2.22. The number of hydrogen-bond donors (Lipinski definition) is 1. The molecule has 0 amide bonds. The SMILES string of the molecule is CCC(N)Cc1c(C)nn(C)c1N(C)CC1CCCOC1. The topological polar surface area (TPSA) is 56.3 Å². The Hall–Kier alpha value is -1.07. The fourth-order valence-electron chi connectivity index (χ4n) is 3.24. The van der Waals surface area contributed by atoms with Crippen molar-refractivity contribution < 1.29 is 4.74 Å². The molecule has 1 saturated heterocycles. The van der Waals surface area contributed by atoms with Gasteiger partial charge in [0, 0.05) is 38.9 Å². The summed E-state index contributed by atoms with van der Waals surface area (Å²) in [6.07, 6.45) is 4.33. The number of nitrogens with zero attached hydrogens (tertiary/aromatic N) is 3. The second-order valence-corrected chi connectivity index (χ2v) is 6.35. The van der Waals surface area contributed by atoms with E-state index in [-0.39, 0.29) is 6.04 Å². The molecule has 0 bridgehead atoms. The molecule has 2 heterocycles. The third kappa shape index (κ3) is 3.98. The quantitative estimate of drug-likeness (QED) is 0.870. The summed E-state index contributed by atoms with van der Waals surface area (Å²) in [5, 5.41) is 4.60. The zero-order chi connectivity index (χ0) is 15.4. The van der Waals surface area contributed by atoms with Crippen LogP contribution < -0.4 is 10.6 Å². The van der Waals surface area contributed by atoms with Crippen molar-refractivity contribution in [1.82, 2.24) is 9.78 Å². The van der Waals surface area contributed by atoms with Crippen LogP contribution in [-0.2, 0) is 18.2 Å². The molecule has 5 heteroatoms. The van der Waals surface area contributed by atoms with E-state index in [1.807, 2.05) is 11.7 Å². The summed E-state index contributed by atoms with van der Waals surface area (Å²) in [6.45, 7) is 7.04. The third-order valence-corrected chi connectivity index (χ3v) is 4.45. The monoisotopic (exact) mass is 294 g/mol. The van der Waals surface area contributed by atoms with Crippen LogP contribution in [0.25, 0.3) is 0 Å². The Balaban J connectivity index is 2.12. The highest BCUT2D eigenvalue weighted by atomic mass is 16.5. The van der Waals surface area contributed by atoms with Gasteiger partial charge in [-0.2, -0.15) is 5.10 Å². The van der Waals surface area contributed by atoms with Gasteiger partial charge in [0.25, 0.3) is 0 Å². The molecule has 1 aromatic heterocycles.